The first-order valence-electron chi connectivity index (χ1n) is 6.53. The molecule has 5 nitrogen and oxygen atoms in total. The number of amides is 1. The minimum atomic E-state index is -0.860. The monoisotopic (exact) mass is 284 g/mol. The Morgan fingerprint density at radius 2 is 2.05 bits per heavy atom. The lowest BCUT2D eigenvalue weighted by Gasteiger charge is -2.31. The molecular formula is C13H20N2O3S. The van der Waals surface area contributed by atoms with Crippen molar-refractivity contribution in [3.05, 3.63) is 0 Å². The summed E-state index contributed by atoms with van der Waals surface area (Å²) in [5.74, 6) is -0.829. The van der Waals surface area contributed by atoms with Gasteiger partial charge in [-0.05, 0) is 12.8 Å². The fourth-order valence-electron chi connectivity index (χ4n) is 2.25. The molecule has 2 N–H and O–H groups in total. The molecule has 1 fully saturated rings. The molecule has 1 amide bonds. The highest BCUT2D eigenvalue weighted by molar-refractivity contribution is 8.00. The first-order valence-corrected chi connectivity index (χ1v) is 7.58. The van der Waals surface area contributed by atoms with Crippen molar-refractivity contribution in [2.45, 2.75) is 56.2 Å². The van der Waals surface area contributed by atoms with Crippen LogP contribution in [-0.2, 0) is 9.59 Å². The van der Waals surface area contributed by atoms with Crippen molar-refractivity contribution in [3.63, 3.8) is 0 Å². The summed E-state index contributed by atoms with van der Waals surface area (Å²) in [6.07, 6.45) is 4.52. The maximum absolute atomic E-state index is 11.8. The Morgan fingerprint density at radius 3 is 2.58 bits per heavy atom. The molecule has 0 radical (unpaired) electrons. The number of hydrogen-bond acceptors (Lipinski definition) is 4. The van der Waals surface area contributed by atoms with E-state index in [4.69, 9.17) is 5.11 Å². The van der Waals surface area contributed by atoms with Crippen molar-refractivity contribution in [2.75, 3.05) is 5.75 Å². The average molecular weight is 284 g/mol. The molecule has 1 aliphatic rings. The van der Waals surface area contributed by atoms with Crippen LogP contribution in [0.3, 0.4) is 0 Å². The van der Waals surface area contributed by atoms with Gasteiger partial charge in [-0.1, -0.05) is 26.2 Å². The van der Waals surface area contributed by atoms with Crippen LogP contribution in [0, 0.1) is 11.3 Å². The summed E-state index contributed by atoms with van der Waals surface area (Å²) in [6, 6.07) is 2.23. The maximum Gasteiger partial charge on any atom is 0.304 e. The molecule has 1 rings (SSSR count). The van der Waals surface area contributed by atoms with Crippen LogP contribution in [0.25, 0.3) is 0 Å². The Labute approximate surface area is 117 Å². The number of hydrogen-bond donors (Lipinski definition) is 2. The van der Waals surface area contributed by atoms with Gasteiger partial charge in [0.2, 0.25) is 5.91 Å². The number of rotatable bonds is 6. The Balaban J connectivity index is 2.37. The Hall–Kier alpha value is -1.22. The fraction of sp³-hybridized carbons (Fsp3) is 0.769. The molecule has 1 unspecified atom stereocenters. The third-order valence-electron chi connectivity index (χ3n) is 3.26. The number of aliphatic carboxylic acids is 1. The summed E-state index contributed by atoms with van der Waals surface area (Å²) in [7, 11) is 0. The Bertz CT molecular complexity index is 373. The highest BCUT2D eigenvalue weighted by Crippen LogP contribution is 2.27. The van der Waals surface area contributed by atoms with Gasteiger partial charge in [0, 0.05) is 5.25 Å². The van der Waals surface area contributed by atoms with Gasteiger partial charge in [-0.15, -0.1) is 11.8 Å². The van der Waals surface area contributed by atoms with E-state index in [1.807, 2.05) is 0 Å². The Kier molecular flexibility index (Phi) is 6.16. The van der Waals surface area contributed by atoms with Crippen molar-refractivity contribution >= 4 is 23.6 Å². The van der Waals surface area contributed by atoms with Crippen LogP contribution in [0.4, 0.5) is 0 Å². The lowest BCUT2D eigenvalue weighted by molar-refractivity contribution is -0.136. The normalized spacial score (nSPS) is 19.2. The molecule has 0 heterocycles. The van der Waals surface area contributed by atoms with E-state index in [0.29, 0.717) is 12.8 Å². The van der Waals surface area contributed by atoms with Crippen LogP contribution >= 0.6 is 11.8 Å². The summed E-state index contributed by atoms with van der Waals surface area (Å²) in [5, 5.41) is 20.6. The van der Waals surface area contributed by atoms with E-state index in [1.165, 1.54) is 11.8 Å². The minimum absolute atomic E-state index is 0.0430. The van der Waals surface area contributed by atoms with Gasteiger partial charge in [0.05, 0.1) is 18.2 Å². The zero-order valence-electron chi connectivity index (χ0n) is 11.1. The molecule has 1 saturated carbocycles. The van der Waals surface area contributed by atoms with Crippen LogP contribution in [0.15, 0.2) is 0 Å². The zero-order valence-corrected chi connectivity index (χ0v) is 12.0. The van der Waals surface area contributed by atoms with Crippen LogP contribution in [0.1, 0.15) is 45.4 Å². The topological polar surface area (TPSA) is 90.2 Å². The van der Waals surface area contributed by atoms with Crippen LogP contribution in [0.5, 0.6) is 0 Å². The predicted octanol–water partition coefficient (Wildman–Crippen LogP) is 1.93. The minimum Gasteiger partial charge on any atom is -0.481 e. The first kappa shape index (κ1) is 15.8. The van der Waals surface area contributed by atoms with Crippen molar-refractivity contribution in [1.82, 2.24) is 5.32 Å². The molecule has 1 atom stereocenters. The van der Waals surface area contributed by atoms with E-state index in [2.05, 4.69) is 11.4 Å². The van der Waals surface area contributed by atoms with Gasteiger partial charge in [-0.2, -0.15) is 5.26 Å². The number of nitrogens with one attached hydrogen (secondary N) is 1. The molecule has 6 heteroatoms. The summed E-state index contributed by atoms with van der Waals surface area (Å²) in [4.78, 5) is 22.3. The van der Waals surface area contributed by atoms with Gasteiger partial charge in [-0.25, -0.2) is 0 Å². The van der Waals surface area contributed by atoms with Gasteiger partial charge >= 0.3 is 5.97 Å². The molecule has 106 valence electrons. The molecule has 0 aromatic heterocycles. The molecule has 19 heavy (non-hydrogen) atoms. The maximum atomic E-state index is 11.8. The number of thioether (sulfide) groups is 1. The highest BCUT2D eigenvalue weighted by atomic mass is 32.2. The molecule has 0 aromatic rings. The van der Waals surface area contributed by atoms with E-state index < -0.39 is 11.5 Å². The van der Waals surface area contributed by atoms with Gasteiger partial charge in [0.15, 0.2) is 0 Å². The molecular weight excluding hydrogens is 264 g/mol. The largest absolute Gasteiger partial charge is 0.481 e. The number of nitriles is 1. The molecule has 0 aliphatic heterocycles. The highest BCUT2D eigenvalue weighted by Gasteiger charge is 2.33. The quantitative estimate of drug-likeness (QED) is 0.777. The number of carboxylic acid groups (broad SMARTS) is 1. The fourth-order valence-corrected chi connectivity index (χ4v) is 3.01. The number of carbonyl (C=O) groups excluding carboxylic acids is 1. The summed E-state index contributed by atoms with van der Waals surface area (Å²) in [6.45, 7) is 1.78. The van der Waals surface area contributed by atoms with Crippen LogP contribution < -0.4 is 5.32 Å². The van der Waals surface area contributed by atoms with Crippen LogP contribution in [0.2, 0.25) is 0 Å². The van der Waals surface area contributed by atoms with Gasteiger partial charge in [0.25, 0.3) is 0 Å². The van der Waals surface area contributed by atoms with E-state index in [1.54, 1.807) is 6.92 Å². The zero-order chi connectivity index (χ0) is 14.3. The van der Waals surface area contributed by atoms with E-state index in [0.717, 1.165) is 19.3 Å². The third-order valence-corrected chi connectivity index (χ3v) is 4.43. The van der Waals surface area contributed by atoms with Crippen LogP contribution in [-0.4, -0.2) is 33.5 Å². The second-order valence-corrected chi connectivity index (χ2v) is 6.45. The number of carboxylic acids is 1. The standard InChI is InChI=1S/C13H20N2O3S/c1-10(7-12(17)18)19-8-11(16)15-13(9-14)5-3-2-4-6-13/h10H,2-8H2,1H3,(H,15,16)(H,17,18). The van der Waals surface area contributed by atoms with E-state index >= 15 is 0 Å². The van der Waals surface area contributed by atoms with Crippen molar-refractivity contribution in [3.8, 4) is 6.07 Å². The molecule has 0 saturated heterocycles. The molecule has 0 spiro atoms. The second-order valence-electron chi connectivity index (χ2n) is 5.02. The molecule has 0 aromatic carbocycles. The van der Waals surface area contributed by atoms with Crippen molar-refractivity contribution < 1.29 is 14.7 Å². The van der Waals surface area contributed by atoms with Gasteiger partial charge < -0.3 is 10.4 Å². The van der Waals surface area contributed by atoms with E-state index in [9.17, 15) is 14.9 Å². The summed E-state index contributed by atoms with van der Waals surface area (Å²) >= 11 is 1.31. The Morgan fingerprint density at radius 1 is 1.42 bits per heavy atom. The number of carbonyl (C=O) groups is 2. The van der Waals surface area contributed by atoms with Crippen molar-refractivity contribution in [1.29, 1.82) is 5.26 Å². The smallest absolute Gasteiger partial charge is 0.304 e. The lowest BCUT2D eigenvalue weighted by Crippen LogP contribution is -2.49. The second kappa shape index (κ2) is 7.39. The molecule has 0 bridgehead atoms. The molecule has 1 aliphatic carbocycles. The van der Waals surface area contributed by atoms with Gasteiger partial charge in [-0.3, -0.25) is 9.59 Å². The van der Waals surface area contributed by atoms with Gasteiger partial charge in [0.1, 0.15) is 5.54 Å². The number of nitrogens with zero attached hydrogens (tertiary/aromatic N) is 1. The van der Waals surface area contributed by atoms with Crippen molar-refractivity contribution in [2.24, 2.45) is 0 Å². The summed E-state index contributed by atoms with van der Waals surface area (Å²) < 4.78 is 0. The first-order chi connectivity index (χ1) is 8.97. The summed E-state index contributed by atoms with van der Waals surface area (Å²) in [5.41, 5.74) is -0.702. The SMILES string of the molecule is CC(CC(=O)O)SCC(=O)NC1(C#N)CCCCC1. The predicted molar refractivity (Wildman–Crippen MR) is 73.7 cm³/mol. The third kappa shape index (κ3) is 5.52. The van der Waals surface area contributed by atoms with E-state index in [-0.39, 0.29) is 23.3 Å². The average Bonchev–Trinajstić information content (AvgIpc) is 2.37. The lowest BCUT2D eigenvalue weighted by atomic mass is 9.83.